The second-order valence-electron chi connectivity index (χ2n) is 4.53. The summed E-state index contributed by atoms with van der Waals surface area (Å²) in [6.07, 6.45) is 2.12. The van der Waals surface area contributed by atoms with Gasteiger partial charge in [-0.05, 0) is 31.0 Å². The quantitative estimate of drug-likeness (QED) is 0.515. The molecule has 1 rings (SSSR count). The van der Waals surface area contributed by atoms with E-state index in [0.29, 0.717) is 13.0 Å². The zero-order chi connectivity index (χ0) is 14.8. The number of carbonyl (C=O) groups excluding carboxylic acids is 1. The Bertz CT molecular complexity index is 386. The van der Waals surface area contributed by atoms with E-state index in [1.807, 2.05) is 24.3 Å². The summed E-state index contributed by atoms with van der Waals surface area (Å²) in [6, 6.07) is 7.74. The predicted molar refractivity (Wildman–Crippen MR) is 78.0 cm³/mol. The Morgan fingerprint density at radius 3 is 2.45 bits per heavy atom. The number of benzene rings is 1. The van der Waals surface area contributed by atoms with Gasteiger partial charge in [0.15, 0.2) is 6.10 Å². The molecule has 0 spiro atoms. The first-order chi connectivity index (χ1) is 9.71. The highest BCUT2D eigenvalue weighted by Gasteiger charge is 2.19. The molecule has 1 atom stereocenters. The maximum Gasteiger partial charge on any atom is 0.335 e. The topological polar surface area (TPSA) is 44.8 Å². The molecule has 112 valence electrons. The molecule has 0 aromatic heterocycles. The lowest BCUT2D eigenvalue weighted by Crippen LogP contribution is -2.27. The normalized spacial score (nSPS) is 11.9. The summed E-state index contributed by atoms with van der Waals surface area (Å²) in [4.78, 5) is 11.6. The molecule has 0 unspecified atom stereocenters. The maximum atomic E-state index is 11.6. The van der Waals surface area contributed by atoms with Gasteiger partial charge in [0.1, 0.15) is 5.75 Å². The van der Waals surface area contributed by atoms with Gasteiger partial charge < -0.3 is 14.2 Å². The molecule has 0 saturated heterocycles. The van der Waals surface area contributed by atoms with E-state index in [0.717, 1.165) is 30.8 Å². The summed E-state index contributed by atoms with van der Waals surface area (Å²) in [5.74, 6) is 0.533. The number of unbranched alkanes of at least 4 members (excludes halogenated alkanes) is 1. The molecule has 4 heteroatoms. The van der Waals surface area contributed by atoms with Crippen molar-refractivity contribution >= 4 is 5.97 Å². The molecular formula is C16H24O4. The van der Waals surface area contributed by atoms with Crippen molar-refractivity contribution in [3.8, 4) is 5.75 Å². The van der Waals surface area contributed by atoms with Gasteiger partial charge in [0.25, 0.3) is 0 Å². The van der Waals surface area contributed by atoms with Crippen LogP contribution in [0.3, 0.4) is 0 Å². The summed E-state index contributed by atoms with van der Waals surface area (Å²) in [6.45, 7) is 5.02. The zero-order valence-electron chi connectivity index (χ0n) is 12.6. The summed E-state index contributed by atoms with van der Waals surface area (Å²) in [5, 5.41) is 0. The van der Waals surface area contributed by atoms with Crippen molar-refractivity contribution in [1.29, 1.82) is 0 Å². The fourth-order valence-electron chi connectivity index (χ4n) is 1.77. The largest absolute Gasteiger partial charge is 0.494 e. The minimum absolute atomic E-state index is 0.321. The van der Waals surface area contributed by atoms with E-state index >= 15 is 0 Å². The summed E-state index contributed by atoms with van der Waals surface area (Å²) < 4.78 is 15.7. The monoisotopic (exact) mass is 280 g/mol. The minimum Gasteiger partial charge on any atom is -0.494 e. The van der Waals surface area contributed by atoms with Crippen molar-refractivity contribution in [3.05, 3.63) is 29.8 Å². The van der Waals surface area contributed by atoms with Gasteiger partial charge in [-0.3, -0.25) is 0 Å². The molecule has 20 heavy (non-hydrogen) atoms. The van der Waals surface area contributed by atoms with Crippen LogP contribution in [0.1, 0.15) is 32.3 Å². The van der Waals surface area contributed by atoms with Gasteiger partial charge in [-0.15, -0.1) is 0 Å². The molecule has 0 saturated carbocycles. The average molecular weight is 280 g/mol. The van der Waals surface area contributed by atoms with E-state index in [1.165, 1.54) is 7.11 Å². The molecule has 0 heterocycles. The molecule has 1 aromatic rings. The van der Waals surface area contributed by atoms with Crippen molar-refractivity contribution in [2.24, 2.45) is 0 Å². The van der Waals surface area contributed by atoms with Crippen molar-refractivity contribution in [2.45, 2.75) is 39.2 Å². The molecule has 0 N–H and O–H groups in total. The molecule has 0 radical (unpaired) electrons. The Kier molecular flexibility index (Phi) is 7.73. The second-order valence-corrected chi connectivity index (χ2v) is 4.53. The van der Waals surface area contributed by atoms with Crippen LogP contribution in [0.25, 0.3) is 0 Å². The molecule has 0 aliphatic heterocycles. The van der Waals surface area contributed by atoms with Crippen LogP contribution in [0.4, 0.5) is 0 Å². The van der Waals surface area contributed by atoms with Gasteiger partial charge in [0.2, 0.25) is 0 Å². The minimum atomic E-state index is -0.554. The van der Waals surface area contributed by atoms with E-state index in [9.17, 15) is 4.79 Å². The van der Waals surface area contributed by atoms with Crippen LogP contribution >= 0.6 is 0 Å². The number of esters is 1. The number of ether oxygens (including phenoxy) is 3. The number of rotatable bonds is 9. The van der Waals surface area contributed by atoms with Crippen LogP contribution in [0.5, 0.6) is 5.75 Å². The first kappa shape index (κ1) is 16.5. The van der Waals surface area contributed by atoms with Gasteiger partial charge in [0, 0.05) is 13.5 Å². The van der Waals surface area contributed by atoms with E-state index in [1.54, 1.807) is 6.92 Å². The predicted octanol–water partition coefficient (Wildman–Crippen LogP) is 2.99. The van der Waals surface area contributed by atoms with E-state index in [2.05, 4.69) is 6.92 Å². The number of hydrogen-bond donors (Lipinski definition) is 0. The molecule has 0 aliphatic carbocycles. The Balaban J connectivity index is 2.52. The van der Waals surface area contributed by atoms with Gasteiger partial charge in [-0.1, -0.05) is 25.5 Å². The Morgan fingerprint density at radius 1 is 1.20 bits per heavy atom. The fraction of sp³-hybridized carbons (Fsp3) is 0.562. The van der Waals surface area contributed by atoms with Crippen LogP contribution in [-0.4, -0.2) is 32.4 Å². The van der Waals surface area contributed by atoms with E-state index in [4.69, 9.17) is 14.2 Å². The first-order valence-electron chi connectivity index (χ1n) is 7.12. The summed E-state index contributed by atoms with van der Waals surface area (Å²) in [5.41, 5.74) is 1.02. The number of carbonyl (C=O) groups is 1. The Labute approximate surface area is 121 Å². The Morgan fingerprint density at radius 2 is 1.90 bits per heavy atom. The average Bonchev–Trinajstić information content (AvgIpc) is 2.46. The van der Waals surface area contributed by atoms with E-state index < -0.39 is 6.10 Å². The summed E-state index contributed by atoms with van der Waals surface area (Å²) in [7, 11) is 1.52. The fourth-order valence-corrected chi connectivity index (χ4v) is 1.77. The van der Waals surface area contributed by atoms with Crippen LogP contribution in [0.15, 0.2) is 24.3 Å². The zero-order valence-corrected chi connectivity index (χ0v) is 12.6. The SMILES string of the molecule is CCCCOc1ccc(C[C@H](OC)C(=O)OCC)cc1. The first-order valence-corrected chi connectivity index (χ1v) is 7.12. The lowest BCUT2D eigenvalue weighted by Gasteiger charge is -2.14. The Hall–Kier alpha value is -1.55. The van der Waals surface area contributed by atoms with E-state index in [-0.39, 0.29) is 5.97 Å². The second kappa shape index (κ2) is 9.37. The molecule has 0 fully saturated rings. The van der Waals surface area contributed by atoms with Crippen LogP contribution in [0.2, 0.25) is 0 Å². The van der Waals surface area contributed by atoms with Crippen molar-refractivity contribution in [2.75, 3.05) is 20.3 Å². The van der Waals surface area contributed by atoms with Gasteiger partial charge in [-0.25, -0.2) is 4.79 Å². The summed E-state index contributed by atoms with van der Waals surface area (Å²) >= 11 is 0. The van der Waals surface area contributed by atoms with Gasteiger partial charge in [-0.2, -0.15) is 0 Å². The maximum absolute atomic E-state index is 11.6. The molecular weight excluding hydrogens is 256 g/mol. The lowest BCUT2D eigenvalue weighted by molar-refractivity contribution is -0.154. The molecule has 0 aliphatic rings. The standard InChI is InChI=1S/C16H24O4/c1-4-6-11-20-14-9-7-13(8-10-14)12-15(18-3)16(17)19-5-2/h7-10,15H,4-6,11-12H2,1-3H3/t15-/m0/s1. The lowest BCUT2D eigenvalue weighted by atomic mass is 10.1. The van der Waals surface area contributed by atoms with Crippen LogP contribution in [-0.2, 0) is 20.7 Å². The number of methoxy groups -OCH3 is 1. The van der Waals surface area contributed by atoms with Gasteiger partial charge in [0.05, 0.1) is 13.2 Å². The molecule has 1 aromatic carbocycles. The van der Waals surface area contributed by atoms with Gasteiger partial charge >= 0.3 is 5.97 Å². The van der Waals surface area contributed by atoms with Crippen molar-refractivity contribution in [1.82, 2.24) is 0 Å². The highest BCUT2D eigenvalue weighted by Crippen LogP contribution is 2.15. The smallest absolute Gasteiger partial charge is 0.335 e. The third-order valence-corrected chi connectivity index (χ3v) is 2.95. The van der Waals surface area contributed by atoms with Crippen LogP contribution < -0.4 is 4.74 Å². The highest BCUT2D eigenvalue weighted by molar-refractivity contribution is 5.75. The highest BCUT2D eigenvalue weighted by atomic mass is 16.6. The molecule has 4 nitrogen and oxygen atoms in total. The number of hydrogen-bond acceptors (Lipinski definition) is 4. The molecule has 0 bridgehead atoms. The third kappa shape index (κ3) is 5.61. The molecule has 0 amide bonds. The van der Waals surface area contributed by atoms with Crippen molar-refractivity contribution < 1.29 is 19.0 Å². The van der Waals surface area contributed by atoms with Crippen molar-refractivity contribution in [3.63, 3.8) is 0 Å². The van der Waals surface area contributed by atoms with Crippen LogP contribution in [0, 0.1) is 0 Å². The third-order valence-electron chi connectivity index (χ3n) is 2.95.